The first-order valence-electron chi connectivity index (χ1n) is 26.1. The lowest BCUT2D eigenvalue weighted by atomic mass is 9.90. The van der Waals surface area contributed by atoms with Gasteiger partial charge in [-0.2, -0.15) is 0 Å². The van der Waals surface area contributed by atoms with Gasteiger partial charge in [0.25, 0.3) is 0 Å². The zero-order valence-corrected chi connectivity index (χ0v) is 40.9. The molecular formula is C74H45N. The van der Waals surface area contributed by atoms with E-state index in [1.165, 1.54) is 152 Å². The normalized spacial score (nSPS) is 12.0. The van der Waals surface area contributed by atoms with Gasteiger partial charge in [-0.05, 0) is 167 Å². The van der Waals surface area contributed by atoms with Crippen molar-refractivity contribution in [2.45, 2.75) is 0 Å². The molecule has 1 aromatic heterocycles. The van der Waals surface area contributed by atoms with Gasteiger partial charge >= 0.3 is 0 Å². The standard InChI is InChI=1S/C74H45N/c1-2-15-52(16-3-1)75-71-42-41-63-53(48-33-29-46(30-34-48)50-37-39-64-58-21-6-4-17-54(58)56-19-8-10-23-60(56)69(64)43-50)27-14-28-67(63)73(71)74-66-26-13-12-25-62(66)68(45-72(74)75)49-35-31-47(32-36-49)51-38-40-65-59-22-7-5-18-55(59)57-20-9-11-24-61(57)70(65)44-51/h1-45H. The smallest absolute Gasteiger partial charge is 0.0553 e. The summed E-state index contributed by atoms with van der Waals surface area (Å²) in [6.45, 7) is 0. The van der Waals surface area contributed by atoms with Crippen LogP contribution in [-0.4, -0.2) is 4.57 Å². The maximum absolute atomic E-state index is 2.48. The third kappa shape index (κ3) is 6.32. The molecule has 1 heteroatoms. The highest BCUT2D eigenvalue weighted by molar-refractivity contribution is 6.32. The Hall–Kier alpha value is -9.82. The lowest BCUT2D eigenvalue weighted by Crippen LogP contribution is -1.94. The van der Waals surface area contributed by atoms with Gasteiger partial charge in [-0.3, -0.25) is 0 Å². The summed E-state index contributed by atoms with van der Waals surface area (Å²) in [5, 5.41) is 23.0. The monoisotopic (exact) mass is 947 g/mol. The molecule has 0 N–H and O–H groups in total. The lowest BCUT2D eigenvalue weighted by molar-refractivity contribution is 1.18. The molecule has 1 nitrogen and oxygen atoms in total. The Morgan fingerprint density at radius 1 is 0.173 bits per heavy atom. The first kappa shape index (κ1) is 41.8. The van der Waals surface area contributed by atoms with Gasteiger partial charge in [0.05, 0.1) is 11.0 Å². The van der Waals surface area contributed by atoms with Gasteiger partial charge in [0, 0.05) is 16.5 Å². The van der Waals surface area contributed by atoms with Gasteiger partial charge in [-0.15, -0.1) is 0 Å². The number of aromatic nitrogens is 1. The second-order valence-corrected chi connectivity index (χ2v) is 20.3. The van der Waals surface area contributed by atoms with E-state index in [-0.39, 0.29) is 0 Å². The Morgan fingerprint density at radius 3 is 1.00 bits per heavy atom. The molecule has 15 aromatic carbocycles. The van der Waals surface area contributed by atoms with E-state index >= 15 is 0 Å². The number of hydrogen-bond donors (Lipinski definition) is 0. The lowest BCUT2D eigenvalue weighted by Gasteiger charge is -2.14. The van der Waals surface area contributed by atoms with E-state index in [9.17, 15) is 0 Å². The Kier molecular flexibility index (Phi) is 9.10. The highest BCUT2D eigenvalue weighted by Gasteiger charge is 2.21. The molecule has 0 atom stereocenters. The van der Waals surface area contributed by atoms with Gasteiger partial charge in [-0.25, -0.2) is 0 Å². The second-order valence-electron chi connectivity index (χ2n) is 20.3. The summed E-state index contributed by atoms with van der Waals surface area (Å²) in [7, 11) is 0. The Morgan fingerprint density at radius 2 is 0.507 bits per heavy atom. The highest BCUT2D eigenvalue weighted by atomic mass is 15.0. The van der Waals surface area contributed by atoms with Gasteiger partial charge < -0.3 is 4.57 Å². The summed E-state index contributed by atoms with van der Waals surface area (Å²) in [4.78, 5) is 0. The molecule has 0 amide bonds. The van der Waals surface area contributed by atoms with Crippen molar-refractivity contribution in [3.05, 3.63) is 273 Å². The average molecular weight is 948 g/mol. The Balaban J connectivity index is 0.830. The van der Waals surface area contributed by atoms with Crippen LogP contribution in [0.4, 0.5) is 0 Å². The minimum atomic E-state index is 1.15. The molecule has 0 saturated heterocycles. The van der Waals surface area contributed by atoms with Crippen LogP contribution in [-0.2, 0) is 0 Å². The molecule has 16 aromatic rings. The average Bonchev–Trinajstić information content (AvgIpc) is 3.85. The zero-order valence-electron chi connectivity index (χ0n) is 40.9. The SMILES string of the molecule is c1ccc(-n2c3ccc4c(-c5ccc(-c6ccc7c8ccccc8c8ccccc8c7c6)cc5)cccc4c3c3c4ccccc4c(-c4ccc(-c5ccc6c7ccccc7c7ccccc7c6c5)cc4)cc32)cc1. The van der Waals surface area contributed by atoms with Gasteiger partial charge in [-0.1, -0.05) is 237 Å². The van der Waals surface area contributed by atoms with Gasteiger partial charge in [0.15, 0.2) is 0 Å². The third-order valence-corrected chi connectivity index (χ3v) is 16.4. The number of nitrogens with zero attached hydrogens (tertiary/aromatic N) is 1. The van der Waals surface area contributed by atoms with Crippen molar-refractivity contribution < 1.29 is 0 Å². The number of para-hydroxylation sites is 1. The summed E-state index contributed by atoms with van der Waals surface area (Å²) < 4.78 is 2.48. The summed E-state index contributed by atoms with van der Waals surface area (Å²) >= 11 is 0. The highest BCUT2D eigenvalue weighted by Crippen LogP contribution is 2.46. The molecule has 0 aliphatic heterocycles. The topological polar surface area (TPSA) is 4.93 Å². The van der Waals surface area contributed by atoms with Gasteiger partial charge in [0.1, 0.15) is 0 Å². The predicted octanol–water partition coefficient (Wildman–Crippen LogP) is 20.7. The van der Waals surface area contributed by atoms with Crippen LogP contribution in [0.25, 0.3) is 158 Å². The van der Waals surface area contributed by atoms with Crippen LogP contribution in [0.2, 0.25) is 0 Å². The molecule has 0 aliphatic rings. The fraction of sp³-hybridized carbons (Fsp3) is 0. The number of benzene rings is 15. The number of rotatable bonds is 5. The van der Waals surface area contributed by atoms with E-state index in [4.69, 9.17) is 0 Å². The Bertz CT molecular complexity index is 4930. The maximum Gasteiger partial charge on any atom is 0.0553 e. The van der Waals surface area contributed by atoms with Crippen molar-refractivity contribution in [1.29, 1.82) is 0 Å². The summed E-state index contributed by atoms with van der Waals surface area (Å²) in [6.07, 6.45) is 0. The van der Waals surface area contributed by atoms with Crippen LogP contribution in [0.5, 0.6) is 0 Å². The van der Waals surface area contributed by atoms with E-state index < -0.39 is 0 Å². The number of fused-ring (bicyclic) bond motifs is 19. The van der Waals surface area contributed by atoms with Crippen molar-refractivity contribution in [2.24, 2.45) is 0 Å². The molecule has 75 heavy (non-hydrogen) atoms. The largest absolute Gasteiger partial charge is 0.309 e. The molecule has 0 fully saturated rings. The first-order chi connectivity index (χ1) is 37.2. The van der Waals surface area contributed by atoms with E-state index in [1.54, 1.807) is 0 Å². The minimum Gasteiger partial charge on any atom is -0.309 e. The molecular weight excluding hydrogens is 903 g/mol. The first-order valence-corrected chi connectivity index (χ1v) is 26.1. The maximum atomic E-state index is 2.48. The van der Waals surface area contributed by atoms with E-state index in [0.717, 1.165) is 5.69 Å². The quantitative estimate of drug-likeness (QED) is 0.152. The minimum absolute atomic E-state index is 1.15. The Labute approximate surface area is 433 Å². The molecule has 346 valence electrons. The predicted molar refractivity (Wildman–Crippen MR) is 323 cm³/mol. The van der Waals surface area contributed by atoms with E-state index in [2.05, 4.69) is 278 Å². The molecule has 0 saturated carbocycles. The van der Waals surface area contributed by atoms with Crippen LogP contribution in [0.1, 0.15) is 0 Å². The van der Waals surface area contributed by atoms with Crippen molar-refractivity contribution in [3.8, 4) is 50.2 Å². The molecule has 0 bridgehead atoms. The zero-order chi connectivity index (χ0) is 49.1. The van der Waals surface area contributed by atoms with E-state index in [0.29, 0.717) is 0 Å². The van der Waals surface area contributed by atoms with E-state index in [1.807, 2.05) is 0 Å². The van der Waals surface area contributed by atoms with Crippen LogP contribution in [0.3, 0.4) is 0 Å². The molecule has 0 spiro atoms. The summed E-state index contributed by atoms with van der Waals surface area (Å²) in [5.41, 5.74) is 13.2. The molecule has 16 rings (SSSR count). The van der Waals surface area contributed by atoms with Gasteiger partial charge in [0.2, 0.25) is 0 Å². The van der Waals surface area contributed by atoms with Crippen molar-refractivity contribution in [2.75, 3.05) is 0 Å². The molecule has 0 unspecified atom stereocenters. The molecule has 1 heterocycles. The van der Waals surface area contributed by atoms with Crippen molar-refractivity contribution in [1.82, 2.24) is 4.57 Å². The van der Waals surface area contributed by atoms with Crippen molar-refractivity contribution in [3.63, 3.8) is 0 Å². The van der Waals surface area contributed by atoms with Crippen molar-refractivity contribution >= 4 is 108 Å². The van der Waals surface area contributed by atoms with Crippen LogP contribution < -0.4 is 0 Å². The van der Waals surface area contributed by atoms with Crippen LogP contribution in [0.15, 0.2) is 273 Å². The molecule has 0 aliphatic carbocycles. The second kappa shape index (κ2) is 16.3. The third-order valence-electron chi connectivity index (χ3n) is 16.4. The number of hydrogen-bond acceptors (Lipinski definition) is 0. The molecule has 0 radical (unpaired) electrons. The van der Waals surface area contributed by atoms with Crippen LogP contribution in [0, 0.1) is 0 Å². The fourth-order valence-corrected chi connectivity index (χ4v) is 12.9. The van der Waals surface area contributed by atoms with Crippen LogP contribution >= 0.6 is 0 Å². The summed E-state index contributed by atoms with van der Waals surface area (Å²) in [6, 6.07) is 102. The summed E-state index contributed by atoms with van der Waals surface area (Å²) in [5.74, 6) is 0. The fourth-order valence-electron chi connectivity index (χ4n) is 12.9.